The minimum absolute atomic E-state index is 0.0332. The molecule has 0 aromatic carbocycles. The monoisotopic (exact) mass is 299 g/mol. The van der Waals surface area contributed by atoms with Crippen LogP contribution in [0.25, 0.3) is 0 Å². The molecule has 1 heterocycles. The molecule has 1 fully saturated rings. The second-order valence-corrected chi connectivity index (χ2v) is 5.75. The molecule has 2 N–H and O–H groups in total. The van der Waals surface area contributed by atoms with Crippen molar-refractivity contribution in [1.82, 2.24) is 15.1 Å². The molecule has 0 unspecified atom stereocenters. The highest BCUT2D eigenvalue weighted by atomic mass is 16.4. The Morgan fingerprint density at radius 1 is 1.33 bits per heavy atom. The Hall–Kier alpha value is -2.12. The van der Waals surface area contributed by atoms with Crippen LogP contribution in [-0.2, 0) is 14.4 Å². The molecule has 1 aliphatic rings. The van der Waals surface area contributed by atoms with Gasteiger partial charge in [0, 0.05) is 26.6 Å². The summed E-state index contributed by atoms with van der Waals surface area (Å²) >= 11 is 0. The second kappa shape index (κ2) is 6.55. The Balaban J connectivity index is 2.30. The van der Waals surface area contributed by atoms with Crippen LogP contribution in [-0.4, -0.2) is 65.4 Å². The van der Waals surface area contributed by atoms with Gasteiger partial charge in [-0.1, -0.05) is 0 Å². The molecule has 0 atom stereocenters. The Labute approximate surface area is 123 Å². The highest BCUT2D eigenvalue weighted by molar-refractivity contribution is 6.01. The molecule has 0 aromatic rings. The number of amides is 4. The number of hydrogen-bond acceptors (Lipinski definition) is 4. The van der Waals surface area contributed by atoms with E-state index >= 15 is 0 Å². The molecule has 21 heavy (non-hydrogen) atoms. The van der Waals surface area contributed by atoms with Gasteiger partial charge < -0.3 is 15.3 Å². The first-order valence-electron chi connectivity index (χ1n) is 6.70. The van der Waals surface area contributed by atoms with Gasteiger partial charge >= 0.3 is 12.0 Å². The maximum atomic E-state index is 11.6. The summed E-state index contributed by atoms with van der Waals surface area (Å²) in [4.78, 5) is 48.0. The number of rotatable bonds is 7. The Morgan fingerprint density at radius 3 is 2.43 bits per heavy atom. The Kier molecular flexibility index (Phi) is 5.28. The van der Waals surface area contributed by atoms with Crippen molar-refractivity contribution in [2.75, 3.05) is 26.7 Å². The smallest absolute Gasteiger partial charge is 0.326 e. The Morgan fingerprint density at radius 2 is 1.95 bits per heavy atom. The van der Waals surface area contributed by atoms with Gasteiger partial charge in [-0.05, 0) is 20.3 Å². The SMILES string of the molecule is CN1CC(=O)N(CCCC(=O)NCC(C)(C)C(=O)O)C1=O. The lowest BCUT2D eigenvalue weighted by molar-refractivity contribution is -0.146. The summed E-state index contributed by atoms with van der Waals surface area (Å²) in [6.07, 6.45) is 0.487. The van der Waals surface area contributed by atoms with E-state index in [9.17, 15) is 19.2 Å². The van der Waals surface area contributed by atoms with Crippen molar-refractivity contribution < 1.29 is 24.3 Å². The zero-order chi connectivity index (χ0) is 16.2. The van der Waals surface area contributed by atoms with Crippen LogP contribution in [0.3, 0.4) is 0 Å². The van der Waals surface area contributed by atoms with E-state index in [1.165, 1.54) is 18.7 Å². The molecule has 0 aromatic heterocycles. The number of aliphatic carboxylic acids is 1. The summed E-state index contributed by atoms with van der Waals surface area (Å²) in [6, 6.07) is -0.354. The third-order valence-electron chi connectivity index (χ3n) is 3.32. The zero-order valence-corrected chi connectivity index (χ0v) is 12.5. The van der Waals surface area contributed by atoms with Crippen molar-refractivity contribution in [3.05, 3.63) is 0 Å². The lowest BCUT2D eigenvalue weighted by atomic mass is 9.94. The van der Waals surface area contributed by atoms with E-state index in [4.69, 9.17) is 5.11 Å². The van der Waals surface area contributed by atoms with Gasteiger partial charge in [-0.25, -0.2) is 4.79 Å². The number of nitrogens with one attached hydrogen (secondary N) is 1. The van der Waals surface area contributed by atoms with Crippen LogP contribution in [0.2, 0.25) is 0 Å². The quantitative estimate of drug-likeness (QED) is 0.638. The highest BCUT2D eigenvalue weighted by Crippen LogP contribution is 2.13. The number of nitrogens with zero attached hydrogens (tertiary/aromatic N) is 2. The predicted octanol–water partition coefficient (Wildman–Crippen LogP) is -0.112. The molecular weight excluding hydrogens is 278 g/mol. The molecule has 8 heteroatoms. The fourth-order valence-electron chi connectivity index (χ4n) is 1.77. The number of carbonyl (C=O) groups excluding carboxylic acids is 3. The van der Waals surface area contributed by atoms with Crippen LogP contribution in [0.5, 0.6) is 0 Å². The molecule has 8 nitrogen and oxygen atoms in total. The largest absolute Gasteiger partial charge is 0.481 e. The van der Waals surface area contributed by atoms with Crippen molar-refractivity contribution in [2.45, 2.75) is 26.7 Å². The standard InChI is InChI=1S/C13H21N3O5/c1-13(2,11(19)20)8-14-9(17)5-4-6-16-10(18)7-15(3)12(16)21/h4-8H2,1-3H3,(H,14,17)(H,19,20). The van der Waals surface area contributed by atoms with Gasteiger partial charge in [-0.3, -0.25) is 19.3 Å². The molecule has 0 bridgehead atoms. The molecule has 0 saturated carbocycles. The summed E-state index contributed by atoms with van der Waals surface area (Å²) in [7, 11) is 1.54. The first-order valence-corrected chi connectivity index (χ1v) is 6.70. The second-order valence-electron chi connectivity index (χ2n) is 5.75. The molecule has 0 radical (unpaired) electrons. The summed E-state index contributed by atoms with van der Waals surface area (Å²) in [5.41, 5.74) is -1.03. The molecule has 0 aliphatic carbocycles. The van der Waals surface area contributed by atoms with Gasteiger partial charge in [0.1, 0.15) is 6.54 Å². The van der Waals surface area contributed by atoms with Gasteiger partial charge in [-0.2, -0.15) is 0 Å². The van der Waals surface area contributed by atoms with Crippen molar-refractivity contribution in [1.29, 1.82) is 0 Å². The van der Waals surface area contributed by atoms with E-state index in [0.29, 0.717) is 6.42 Å². The van der Waals surface area contributed by atoms with Crippen LogP contribution in [0.1, 0.15) is 26.7 Å². The fourth-order valence-corrected chi connectivity index (χ4v) is 1.77. The molecule has 118 valence electrons. The first kappa shape index (κ1) is 16.9. The molecule has 1 aliphatic heterocycles. The summed E-state index contributed by atoms with van der Waals surface area (Å²) < 4.78 is 0. The number of imide groups is 1. The fraction of sp³-hybridized carbons (Fsp3) is 0.692. The van der Waals surface area contributed by atoms with Crippen LogP contribution >= 0.6 is 0 Å². The van der Waals surface area contributed by atoms with Gasteiger partial charge in [-0.15, -0.1) is 0 Å². The maximum Gasteiger partial charge on any atom is 0.326 e. The van der Waals surface area contributed by atoms with E-state index in [0.717, 1.165) is 4.90 Å². The summed E-state index contributed by atoms with van der Waals surface area (Å²) in [6.45, 7) is 3.33. The normalized spacial score (nSPS) is 15.6. The average molecular weight is 299 g/mol. The first-order chi connectivity index (χ1) is 9.65. The van der Waals surface area contributed by atoms with Crippen molar-refractivity contribution in [3.63, 3.8) is 0 Å². The number of hydrogen-bond donors (Lipinski definition) is 2. The molecule has 1 rings (SSSR count). The van der Waals surface area contributed by atoms with Gasteiger partial charge in [0.25, 0.3) is 0 Å². The van der Waals surface area contributed by atoms with E-state index in [1.54, 1.807) is 7.05 Å². The van der Waals surface area contributed by atoms with Crippen LogP contribution < -0.4 is 5.32 Å². The van der Waals surface area contributed by atoms with Crippen molar-refractivity contribution in [3.8, 4) is 0 Å². The number of carboxylic acid groups (broad SMARTS) is 1. The predicted molar refractivity (Wildman–Crippen MR) is 73.4 cm³/mol. The lowest BCUT2D eigenvalue weighted by Crippen LogP contribution is -2.39. The summed E-state index contributed by atoms with van der Waals surface area (Å²) in [5.74, 6) is -1.55. The highest BCUT2D eigenvalue weighted by Gasteiger charge is 2.33. The number of likely N-dealkylation sites (N-methyl/N-ethyl adjacent to an activating group) is 1. The minimum Gasteiger partial charge on any atom is -0.481 e. The average Bonchev–Trinajstić information content (AvgIpc) is 2.62. The van der Waals surface area contributed by atoms with Crippen LogP contribution in [0.15, 0.2) is 0 Å². The zero-order valence-electron chi connectivity index (χ0n) is 12.5. The van der Waals surface area contributed by atoms with E-state index in [2.05, 4.69) is 5.32 Å². The van der Waals surface area contributed by atoms with Crippen molar-refractivity contribution in [2.24, 2.45) is 5.41 Å². The van der Waals surface area contributed by atoms with E-state index in [1.807, 2.05) is 0 Å². The minimum atomic E-state index is -1.03. The third kappa shape index (κ3) is 4.44. The molecule has 4 amide bonds. The van der Waals surface area contributed by atoms with Crippen LogP contribution in [0, 0.1) is 5.41 Å². The molecular formula is C13H21N3O5. The van der Waals surface area contributed by atoms with Crippen molar-refractivity contribution >= 4 is 23.8 Å². The Bertz CT molecular complexity index is 461. The number of urea groups is 1. The molecule has 0 spiro atoms. The van der Waals surface area contributed by atoms with Gasteiger partial charge in [0.15, 0.2) is 0 Å². The van der Waals surface area contributed by atoms with Gasteiger partial charge in [0.2, 0.25) is 11.8 Å². The molecule has 1 saturated heterocycles. The summed E-state index contributed by atoms with van der Waals surface area (Å²) in [5, 5.41) is 11.5. The lowest BCUT2D eigenvalue weighted by Gasteiger charge is -2.19. The van der Waals surface area contributed by atoms with E-state index < -0.39 is 11.4 Å². The third-order valence-corrected chi connectivity index (χ3v) is 3.32. The van der Waals surface area contributed by atoms with Crippen LogP contribution in [0.4, 0.5) is 4.79 Å². The topological polar surface area (TPSA) is 107 Å². The van der Waals surface area contributed by atoms with Gasteiger partial charge in [0.05, 0.1) is 5.41 Å². The van der Waals surface area contributed by atoms with E-state index in [-0.39, 0.29) is 43.9 Å². The number of carboxylic acids is 1. The maximum absolute atomic E-state index is 11.6. The number of carbonyl (C=O) groups is 4.